The van der Waals surface area contributed by atoms with E-state index in [2.05, 4.69) is 22.5 Å². The molecule has 1 aliphatic carbocycles. The first kappa shape index (κ1) is 16.0. The average Bonchev–Trinajstić information content (AvgIpc) is 2.95. The molecule has 3 rings (SSSR count). The van der Waals surface area contributed by atoms with Gasteiger partial charge >= 0.3 is 6.03 Å². The van der Waals surface area contributed by atoms with Crippen LogP contribution in [0.2, 0.25) is 0 Å². The van der Waals surface area contributed by atoms with Gasteiger partial charge in [0.2, 0.25) is 0 Å². The lowest BCUT2D eigenvalue weighted by Crippen LogP contribution is -2.60. The highest BCUT2D eigenvalue weighted by Gasteiger charge is 2.48. The lowest BCUT2D eigenvalue weighted by Gasteiger charge is -2.50. The van der Waals surface area contributed by atoms with Crippen molar-refractivity contribution < 1.29 is 14.3 Å². The Kier molecular flexibility index (Phi) is 4.90. The van der Waals surface area contributed by atoms with E-state index in [4.69, 9.17) is 9.47 Å². The molecule has 3 fully saturated rings. The highest BCUT2D eigenvalue weighted by Crippen LogP contribution is 2.44. The molecule has 0 bridgehead atoms. The molecule has 6 nitrogen and oxygen atoms in total. The second kappa shape index (κ2) is 6.72. The van der Waals surface area contributed by atoms with E-state index in [0.717, 1.165) is 58.4 Å². The summed E-state index contributed by atoms with van der Waals surface area (Å²) in [7, 11) is 1.67. The third-order valence-corrected chi connectivity index (χ3v) is 5.34. The first-order valence-corrected chi connectivity index (χ1v) is 8.66. The lowest BCUT2D eigenvalue weighted by atomic mass is 9.74. The SMILES string of the molecule is CCCN1CC(NC(=O)NC)C[C@@H]2CC3(CC[C@H]21)OCCO3. The number of nitrogens with zero attached hydrogens (tertiary/aromatic N) is 1. The molecule has 1 spiro atoms. The molecule has 0 aromatic rings. The van der Waals surface area contributed by atoms with E-state index in [1.54, 1.807) is 7.05 Å². The largest absolute Gasteiger partial charge is 0.348 e. The zero-order chi connectivity index (χ0) is 15.6. The number of fused-ring (bicyclic) bond motifs is 1. The smallest absolute Gasteiger partial charge is 0.314 e. The van der Waals surface area contributed by atoms with Crippen LogP contribution in [0.15, 0.2) is 0 Å². The van der Waals surface area contributed by atoms with Crippen molar-refractivity contribution in [2.75, 3.05) is 33.4 Å². The molecule has 1 unspecified atom stereocenters. The number of carbonyl (C=O) groups is 1. The Morgan fingerprint density at radius 1 is 1.36 bits per heavy atom. The van der Waals surface area contributed by atoms with Gasteiger partial charge < -0.3 is 20.1 Å². The van der Waals surface area contributed by atoms with Gasteiger partial charge in [-0.25, -0.2) is 4.79 Å². The minimum atomic E-state index is -0.339. The maximum Gasteiger partial charge on any atom is 0.314 e. The molecular weight excluding hydrogens is 282 g/mol. The minimum absolute atomic E-state index is 0.0845. The molecule has 2 saturated heterocycles. The molecule has 0 radical (unpaired) electrons. The van der Waals surface area contributed by atoms with Crippen LogP contribution in [0.5, 0.6) is 0 Å². The predicted molar refractivity (Wildman–Crippen MR) is 83.6 cm³/mol. The van der Waals surface area contributed by atoms with Crippen LogP contribution in [-0.4, -0.2) is 62.2 Å². The van der Waals surface area contributed by atoms with E-state index in [1.807, 2.05) is 0 Å². The summed E-state index contributed by atoms with van der Waals surface area (Å²) in [6, 6.07) is 0.740. The van der Waals surface area contributed by atoms with Gasteiger partial charge in [-0.2, -0.15) is 0 Å². The Hall–Kier alpha value is -0.850. The van der Waals surface area contributed by atoms with E-state index in [-0.39, 0.29) is 17.9 Å². The van der Waals surface area contributed by atoms with Crippen molar-refractivity contribution in [2.45, 2.75) is 56.9 Å². The zero-order valence-corrected chi connectivity index (χ0v) is 13.8. The molecule has 6 heteroatoms. The Labute approximate surface area is 132 Å². The molecule has 2 heterocycles. The van der Waals surface area contributed by atoms with Crippen LogP contribution in [0.3, 0.4) is 0 Å². The van der Waals surface area contributed by atoms with Crippen LogP contribution in [0.4, 0.5) is 4.79 Å². The van der Waals surface area contributed by atoms with Crippen molar-refractivity contribution in [2.24, 2.45) is 5.92 Å². The zero-order valence-electron chi connectivity index (χ0n) is 13.8. The van der Waals surface area contributed by atoms with E-state index in [1.165, 1.54) is 0 Å². The van der Waals surface area contributed by atoms with Crippen molar-refractivity contribution in [3.8, 4) is 0 Å². The van der Waals surface area contributed by atoms with Gasteiger partial charge in [0, 0.05) is 38.5 Å². The number of piperidine rings is 1. The summed E-state index contributed by atoms with van der Waals surface area (Å²) in [6.07, 6.45) is 5.27. The van der Waals surface area contributed by atoms with Gasteiger partial charge in [-0.1, -0.05) is 6.92 Å². The fourth-order valence-electron chi connectivity index (χ4n) is 4.49. The monoisotopic (exact) mass is 311 g/mol. The third-order valence-electron chi connectivity index (χ3n) is 5.34. The van der Waals surface area contributed by atoms with Crippen LogP contribution in [-0.2, 0) is 9.47 Å². The van der Waals surface area contributed by atoms with Crippen LogP contribution < -0.4 is 10.6 Å². The van der Waals surface area contributed by atoms with Crippen molar-refractivity contribution in [1.82, 2.24) is 15.5 Å². The van der Waals surface area contributed by atoms with E-state index < -0.39 is 0 Å². The molecule has 1 saturated carbocycles. The van der Waals surface area contributed by atoms with Gasteiger partial charge in [0.15, 0.2) is 5.79 Å². The van der Waals surface area contributed by atoms with E-state index in [0.29, 0.717) is 12.0 Å². The summed E-state index contributed by atoms with van der Waals surface area (Å²) in [6.45, 7) is 5.71. The molecule has 22 heavy (non-hydrogen) atoms. The van der Waals surface area contributed by atoms with Gasteiger partial charge in [0.05, 0.1) is 13.2 Å². The molecule has 126 valence electrons. The maximum atomic E-state index is 11.7. The van der Waals surface area contributed by atoms with Gasteiger partial charge in [-0.05, 0) is 31.7 Å². The maximum absolute atomic E-state index is 11.7. The van der Waals surface area contributed by atoms with E-state index >= 15 is 0 Å². The standard InChI is InChI=1S/C16H29N3O3/c1-3-6-19-11-13(18-15(20)17-2)9-12-10-16(5-4-14(12)19)21-7-8-22-16/h12-14H,3-11H2,1-2H3,(H2,17,18,20)/t12-,13?,14-/m1/s1. The van der Waals surface area contributed by atoms with Crippen LogP contribution in [0, 0.1) is 5.92 Å². The number of ether oxygens (including phenoxy) is 2. The summed E-state index contributed by atoms with van der Waals surface area (Å²) in [5.41, 5.74) is 0. The summed E-state index contributed by atoms with van der Waals surface area (Å²) in [5.74, 6) is 0.197. The van der Waals surface area contributed by atoms with Gasteiger partial charge in [-0.15, -0.1) is 0 Å². The Balaban J connectivity index is 1.69. The number of rotatable bonds is 3. The first-order valence-electron chi connectivity index (χ1n) is 8.66. The number of hydrogen-bond donors (Lipinski definition) is 2. The van der Waals surface area contributed by atoms with Crippen molar-refractivity contribution in [1.29, 1.82) is 0 Å². The normalized spacial score (nSPS) is 34.4. The van der Waals surface area contributed by atoms with Crippen LogP contribution in [0.25, 0.3) is 0 Å². The molecule has 3 atom stereocenters. The topological polar surface area (TPSA) is 62.8 Å². The van der Waals surface area contributed by atoms with Gasteiger partial charge in [-0.3, -0.25) is 4.90 Å². The van der Waals surface area contributed by atoms with Gasteiger partial charge in [0.25, 0.3) is 0 Å². The first-order chi connectivity index (χ1) is 10.7. The Bertz CT molecular complexity index is 398. The summed E-state index contributed by atoms with van der Waals surface area (Å²) >= 11 is 0. The van der Waals surface area contributed by atoms with Gasteiger partial charge in [0.1, 0.15) is 0 Å². The number of nitrogens with one attached hydrogen (secondary N) is 2. The third kappa shape index (κ3) is 3.24. The Morgan fingerprint density at radius 3 is 2.82 bits per heavy atom. The molecule has 3 aliphatic rings. The highest BCUT2D eigenvalue weighted by molar-refractivity contribution is 5.73. The molecule has 2 N–H and O–H groups in total. The van der Waals surface area contributed by atoms with E-state index in [9.17, 15) is 4.79 Å². The highest BCUT2D eigenvalue weighted by atomic mass is 16.7. The lowest BCUT2D eigenvalue weighted by molar-refractivity contribution is -0.201. The average molecular weight is 311 g/mol. The number of amides is 2. The van der Waals surface area contributed by atoms with Crippen LogP contribution in [0.1, 0.15) is 39.0 Å². The quantitative estimate of drug-likeness (QED) is 0.825. The summed E-state index contributed by atoms with van der Waals surface area (Å²) in [5, 5.41) is 5.76. The molecule has 2 aliphatic heterocycles. The fraction of sp³-hybridized carbons (Fsp3) is 0.938. The number of likely N-dealkylation sites (tertiary alicyclic amines) is 1. The molecular formula is C16H29N3O3. The number of hydrogen-bond acceptors (Lipinski definition) is 4. The molecule has 2 amide bonds. The van der Waals surface area contributed by atoms with Crippen molar-refractivity contribution in [3.05, 3.63) is 0 Å². The second-order valence-electron chi connectivity index (χ2n) is 6.83. The summed E-state index contributed by atoms with van der Waals surface area (Å²) < 4.78 is 11.8. The number of carbonyl (C=O) groups excluding carboxylic acids is 1. The number of urea groups is 1. The minimum Gasteiger partial charge on any atom is -0.348 e. The summed E-state index contributed by atoms with van der Waals surface area (Å²) in [4.78, 5) is 14.2. The fourth-order valence-corrected chi connectivity index (χ4v) is 4.49. The molecule has 0 aromatic carbocycles. The van der Waals surface area contributed by atoms with Crippen molar-refractivity contribution >= 4 is 6.03 Å². The molecule has 0 aromatic heterocycles. The van der Waals surface area contributed by atoms with Crippen LogP contribution >= 0.6 is 0 Å². The van der Waals surface area contributed by atoms with Crippen molar-refractivity contribution in [3.63, 3.8) is 0 Å². The Morgan fingerprint density at radius 2 is 2.14 bits per heavy atom. The predicted octanol–water partition coefficient (Wildman–Crippen LogP) is 1.31. The second-order valence-corrected chi connectivity index (χ2v) is 6.83.